The number of piperidine rings is 1. The zero-order chi connectivity index (χ0) is 10.5. The van der Waals surface area contributed by atoms with E-state index in [4.69, 9.17) is 4.74 Å². The maximum atomic E-state index is 5.37. The van der Waals surface area contributed by atoms with Crippen molar-refractivity contribution in [3.63, 3.8) is 0 Å². The van der Waals surface area contributed by atoms with Gasteiger partial charge in [0.1, 0.15) is 0 Å². The van der Waals surface area contributed by atoms with Crippen molar-refractivity contribution in [2.75, 3.05) is 39.4 Å². The lowest BCUT2D eigenvalue weighted by molar-refractivity contribution is 0.135. The molecule has 1 N–H and O–H groups in total. The highest BCUT2D eigenvalue weighted by Crippen LogP contribution is 2.24. The lowest BCUT2D eigenvalue weighted by Gasteiger charge is -2.24. The Morgan fingerprint density at radius 2 is 2.33 bits per heavy atom. The highest BCUT2D eigenvalue weighted by molar-refractivity contribution is 4.91. The number of ether oxygens (including phenoxy) is 1. The van der Waals surface area contributed by atoms with Gasteiger partial charge in [0.2, 0.25) is 0 Å². The van der Waals surface area contributed by atoms with Crippen LogP contribution in [0.25, 0.3) is 0 Å². The van der Waals surface area contributed by atoms with Crippen LogP contribution in [-0.2, 0) is 4.74 Å². The van der Waals surface area contributed by atoms with E-state index in [1.807, 2.05) is 0 Å². The summed E-state index contributed by atoms with van der Waals surface area (Å²) in [5, 5.41) is 3.64. The van der Waals surface area contributed by atoms with Gasteiger partial charge in [-0.3, -0.25) is 0 Å². The molecule has 2 fully saturated rings. The maximum absolute atomic E-state index is 5.37. The van der Waals surface area contributed by atoms with Crippen LogP contribution in [0.3, 0.4) is 0 Å². The van der Waals surface area contributed by atoms with E-state index in [9.17, 15) is 0 Å². The first-order valence-electron chi connectivity index (χ1n) is 6.43. The van der Waals surface area contributed by atoms with Crippen molar-refractivity contribution in [3.8, 4) is 0 Å². The molecular formula is C12H24N2O. The van der Waals surface area contributed by atoms with Gasteiger partial charge >= 0.3 is 0 Å². The Morgan fingerprint density at radius 3 is 3.13 bits per heavy atom. The lowest BCUT2D eigenvalue weighted by atomic mass is 9.94. The van der Waals surface area contributed by atoms with Crippen molar-refractivity contribution in [3.05, 3.63) is 0 Å². The number of hydrogen-bond acceptors (Lipinski definition) is 3. The van der Waals surface area contributed by atoms with Gasteiger partial charge in [-0.25, -0.2) is 0 Å². The van der Waals surface area contributed by atoms with Crippen LogP contribution < -0.4 is 5.32 Å². The molecule has 2 rings (SSSR count). The first-order chi connectivity index (χ1) is 7.40. The molecule has 0 spiro atoms. The minimum atomic E-state index is 0.783. The van der Waals surface area contributed by atoms with Gasteiger partial charge in [0, 0.05) is 38.9 Å². The second-order valence-electron chi connectivity index (χ2n) is 4.77. The van der Waals surface area contributed by atoms with Crippen molar-refractivity contribution in [2.24, 2.45) is 5.92 Å². The third-order valence-corrected chi connectivity index (χ3v) is 3.64. The van der Waals surface area contributed by atoms with Crippen LogP contribution in [0, 0.1) is 5.92 Å². The van der Waals surface area contributed by atoms with Crippen LogP contribution in [0.5, 0.6) is 0 Å². The van der Waals surface area contributed by atoms with E-state index >= 15 is 0 Å². The van der Waals surface area contributed by atoms with Crippen molar-refractivity contribution >= 4 is 0 Å². The Labute approximate surface area is 93.2 Å². The zero-order valence-electron chi connectivity index (χ0n) is 9.87. The van der Waals surface area contributed by atoms with Crippen LogP contribution in [0.1, 0.15) is 26.2 Å². The summed E-state index contributed by atoms with van der Waals surface area (Å²) in [6.07, 6.45) is 3.99. The van der Waals surface area contributed by atoms with Crippen LogP contribution >= 0.6 is 0 Å². The van der Waals surface area contributed by atoms with E-state index in [1.165, 1.54) is 45.4 Å². The Balaban J connectivity index is 1.63. The summed E-state index contributed by atoms with van der Waals surface area (Å²) in [4.78, 5) is 2.60. The van der Waals surface area contributed by atoms with Crippen LogP contribution in [0.2, 0.25) is 0 Å². The predicted octanol–water partition coefficient (Wildman–Crippen LogP) is 1.10. The SMILES string of the molecule is CCOCCCN1CC2CCCNC2C1. The molecule has 0 aliphatic carbocycles. The van der Waals surface area contributed by atoms with Gasteiger partial charge < -0.3 is 15.0 Å². The quantitative estimate of drug-likeness (QED) is 0.691. The molecule has 3 heteroatoms. The Morgan fingerprint density at radius 1 is 1.40 bits per heavy atom. The average Bonchev–Trinajstić information content (AvgIpc) is 2.67. The van der Waals surface area contributed by atoms with E-state index in [-0.39, 0.29) is 0 Å². The molecule has 3 nitrogen and oxygen atoms in total. The summed E-state index contributed by atoms with van der Waals surface area (Å²) in [7, 11) is 0. The molecule has 0 bridgehead atoms. The summed E-state index contributed by atoms with van der Waals surface area (Å²) in [6, 6.07) is 0.783. The molecule has 0 aromatic heterocycles. The second kappa shape index (κ2) is 5.83. The molecule has 0 amide bonds. The molecule has 0 aromatic rings. The fraction of sp³-hybridized carbons (Fsp3) is 1.00. The molecular weight excluding hydrogens is 188 g/mol. The molecule has 2 atom stereocenters. The van der Waals surface area contributed by atoms with Crippen molar-refractivity contribution < 1.29 is 4.74 Å². The smallest absolute Gasteiger partial charge is 0.0478 e. The minimum absolute atomic E-state index is 0.783. The molecule has 2 heterocycles. The van der Waals surface area contributed by atoms with Crippen LogP contribution in [0.15, 0.2) is 0 Å². The number of nitrogens with one attached hydrogen (secondary N) is 1. The number of fused-ring (bicyclic) bond motifs is 1. The number of rotatable bonds is 5. The van der Waals surface area contributed by atoms with E-state index < -0.39 is 0 Å². The second-order valence-corrected chi connectivity index (χ2v) is 4.77. The van der Waals surface area contributed by atoms with Crippen molar-refractivity contribution in [2.45, 2.75) is 32.2 Å². The van der Waals surface area contributed by atoms with E-state index in [2.05, 4.69) is 17.1 Å². The highest BCUT2D eigenvalue weighted by Gasteiger charge is 2.33. The summed E-state index contributed by atoms with van der Waals surface area (Å²) < 4.78 is 5.37. The third kappa shape index (κ3) is 3.16. The Kier molecular flexibility index (Phi) is 4.42. The van der Waals surface area contributed by atoms with Gasteiger partial charge in [0.05, 0.1) is 0 Å². The average molecular weight is 212 g/mol. The summed E-state index contributed by atoms with van der Waals surface area (Å²) in [6.45, 7) is 8.86. The van der Waals surface area contributed by atoms with Crippen LogP contribution in [0.4, 0.5) is 0 Å². The third-order valence-electron chi connectivity index (χ3n) is 3.64. The van der Waals surface area contributed by atoms with Crippen LogP contribution in [-0.4, -0.2) is 50.3 Å². The topological polar surface area (TPSA) is 24.5 Å². The summed E-state index contributed by atoms with van der Waals surface area (Å²) in [5.41, 5.74) is 0. The Bertz CT molecular complexity index is 172. The minimum Gasteiger partial charge on any atom is -0.382 e. The maximum Gasteiger partial charge on any atom is 0.0478 e. The molecule has 2 aliphatic heterocycles. The van der Waals surface area contributed by atoms with Gasteiger partial charge in [-0.15, -0.1) is 0 Å². The van der Waals surface area contributed by atoms with Gasteiger partial charge in [0.25, 0.3) is 0 Å². The van der Waals surface area contributed by atoms with E-state index in [1.54, 1.807) is 0 Å². The van der Waals surface area contributed by atoms with Gasteiger partial charge in [-0.2, -0.15) is 0 Å². The predicted molar refractivity (Wildman–Crippen MR) is 62.1 cm³/mol. The molecule has 2 unspecified atom stereocenters. The normalized spacial score (nSPS) is 31.8. The van der Waals surface area contributed by atoms with Crippen molar-refractivity contribution in [1.82, 2.24) is 10.2 Å². The Hall–Kier alpha value is -0.120. The number of hydrogen-bond donors (Lipinski definition) is 1. The van der Waals surface area contributed by atoms with Gasteiger partial charge in [-0.1, -0.05) is 0 Å². The largest absolute Gasteiger partial charge is 0.382 e. The van der Waals surface area contributed by atoms with E-state index in [0.717, 1.165) is 25.2 Å². The standard InChI is InChI=1S/C12H24N2O/c1-2-15-8-4-7-14-9-11-5-3-6-13-12(11)10-14/h11-13H,2-10H2,1H3. The fourth-order valence-corrected chi connectivity index (χ4v) is 2.85. The number of nitrogens with zero attached hydrogens (tertiary/aromatic N) is 1. The molecule has 88 valence electrons. The van der Waals surface area contributed by atoms with Gasteiger partial charge in [0.15, 0.2) is 0 Å². The molecule has 2 saturated heterocycles. The molecule has 15 heavy (non-hydrogen) atoms. The van der Waals surface area contributed by atoms with E-state index in [0.29, 0.717) is 0 Å². The highest BCUT2D eigenvalue weighted by atomic mass is 16.5. The summed E-state index contributed by atoms with van der Waals surface area (Å²) >= 11 is 0. The first kappa shape index (κ1) is 11.4. The first-order valence-corrected chi connectivity index (χ1v) is 6.43. The molecule has 2 aliphatic rings. The van der Waals surface area contributed by atoms with Gasteiger partial charge in [-0.05, 0) is 38.6 Å². The molecule has 0 aromatic carbocycles. The zero-order valence-corrected chi connectivity index (χ0v) is 9.87. The molecule has 0 saturated carbocycles. The number of likely N-dealkylation sites (tertiary alicyclic amines) is 1. The lowest BCUT2D eigenvalue weighted by Crippen LogP contribution is -2.40. The fourth-order valence-electron chi connectivity index (χ4n) is 2.85. The summed E-state index contributed by atoms with van der Waals surface area (Å²) in [5.74, 6) is 0.922. The van der Waals surface area contributed by atoms with Crippen molar-refractivity contribution in [1.29, 1.82) is 0 Å². The monoisotopic (exact) mass is 212 g/mol. The molecule has 0 radical (unpaired) electrons.